The lowest BCUT2D eigenvalue weighted by Crippen LogP contribution is -2.42. The lowest BCUT2D eigenvalue weighted by molar-refractivity contribution is 0.0241. The van der Waals surface area contributed by atoms with Gasteiger partial charge in [0.2, 0.25) is 0 Å². The van der Waals surface area contributed by atoms with Crippen molar-refractivity contribution in [3.8, 4) is 6.07 Å². The summed E-state index contributed by atoms with van der Waals surface area (Å²) in [7, 11) is -1.36. The Morgan fingerprint density at radius 3 is 2.96 bits per heavy atom. The molecule has 0 saturated carbocycles. The van der Waals surface area contributed by atoms with E-state index in [0.717, 1.165) is 12.8 Å². The summed E-state index contributed by atoms with van der Waals surface area (Å²) in [5, 5.41) is 9.28. The first kappa shape index (κ1) is 17.4. The third kappa shape index (κ3) is 4.76. The van der Waals surface area contributed by atoms with Crippen LogP contribution in [0, 0.1) is 11.3 Å². The molecule has 0 bridgehead atoms. The number of nitrogens with zero attached hydrogens (tertiary/aromatic N) is 3. The van der Waals surface area contributed by atoms with Crippen LogP contribution in [-0.2, 0) is 15.5 Å². The maximum atomic E-state index is 12.5. The highest BCUT2D eigenvalue weighted by atomic mass is 32.2. The van der Waals surface area contributed by atoms with E-state index in [1.54, 1.807) is 11.0 Å². The maximum absolute atomic E-state index is 12.5. The zero-order valence-corrected chi connectivity index (χ0v) is 14.4. The number of hydrogen-bond acceptors (Lipinski definition) is 5. The number of carbonyl (C=O) groups is 1. The molecule has 23 heavy (non-hydrogen) atoms. The van der Waals surface area contributed by atoms with Crippen molar-refractivity contribution in [1.82, 2.24) is 9.88 Å². The van der Waals surface area contributed by atoms with Crippen molar-refractivity contribution in [1.29, 1.82) is 5.26 Å². The molecule has 7 heteroatoms. The van der Waals surface area contributed by atoms with Gasteiger partial charge in [-0.25, -0.2) is 9.78 Å². The number of carbonyl (C=O) groups excluding carboxylic acids is 1. The van der Waals surface area contributed by atoms with Crippen molar-refractivity contribution in [2.24, 2.45) is 0 Å². The van der Waals surface area contributed by atoms with Crippen molar-refractivity contribution in [3.05, 3.63) is 23.9 Å². The summed E-state index contributed by atoms with van der Waals surface area (Å²) in [6, 6.07) is 4.99. The second kappa shape index (κ2) is 7.09. The number of nitriles is 1. The van der Waals surface area contributed by atoms with Crippen molar-refractivity contribution in [3.63, 3.8) is 0 Å². The molecule has 2 rings (SSSR count). The van der Waals surface area contributed by atoms with Crippen LogP contribution in [0.15, 0.2) is 23.4 Å². The molecule has 1 aliphatic heterocycles. The summed E-state index contributed by atoms with van der Waals surface area (Å²) in [5.41, 5.74) is -0.120. The fraction of sp³-hybridized carbons (Fsp3) is 0.562. The van der Waals surface area contributed by atoms with E-state index in [9.17, 15) is 9.00 Å². The Morgan fingerprint density at radius 1 is 1.57 bits per heavy atom. The van der Waals surface area contributed by atoms with E-state index < -0.39 is 16.4 Å². The van der Waals surface area contributed by atoms with E-state index in [1.807, 2.05) is 26.8 Å². The molecule has 1 fully saturated rings. The maximum Gasteiger partial charge on any atom is 0.410 e. The molecule has 1 aliphatic rings. The van der Waals surface area contributed by atoms with E-state index in [1.165, 1.54) is 12.3 Å². The predicted octanol–water partition coefficient (Wildman–Crippen LogP) is 2.46. The van der Waals surface area contributed by atoms with E-state index in [2.05, 4.69) is 4.98 Å². The molecule has 0 N–H and O–H groups in total. The van der Waals surface area contributed by atoms with Gasteiger partial charge in [-0.3, -0.25) is 4.21 Å². The molecule has 2 heterocycles. The summed E-state index contributed by atoms with van der Waals surface area (Å²) in [5.74, 6) is 0.307. The van der Waals surface area contributed by atoms with Crippen LogP contribution in [0.5, 0.6) is 0 Å². The van der Waals surface area contributed by atoms with E-state index >= 15 is 0 Å². The molecular weight excluding hydrogens is 314 g/mol. The minimum Gasteiger partial charge on any atom is -0.444 e. The predicted molar refractivity (Wildman–Crippen MR) is 86.2 cm³/mol. The van der Waals surface area contributed by atoms with Crippen LogP contribution in [-0.4, -0.2) is 44.1 Å². The minimum atomic E-state index is -1.36. The Hall–Kier alpha value is -1.94. The highest BCUT2D eigenvalue weighted by Gasteiger charge is 2.33. The number of likely N-dealkylation sites (tertiary alicyclic amines) is 1. The Kier molecular flexibility index (Phi) is 5.37. The average molecular weight is 335 g/mol. The number of amides is 1. The molecule has 1 amide bonds. The SMILES string of the molecule is CC(C)(C)OC(=O)N1CCC[C@H]1C[S@@](=O)c1cc(C#N)ccn1. The van der Waals surface area contributed by atoms with E-state index in [-0.39, 0.29) is 12.1 Å². The van der Waals surface area contributed by atoms with Gasteiger partial charge in [0.25, 0.3) is 0 Å². The topological polar surface area (TPSA) is 83.3 Å². The van der Waals surface area contributed by atoms with Gasteiger partial charge in [0.15, 0.2) is 0 Å². The number of hydrogen-bond donors (Lipinski definition) is 0. The molecule has 0 aromatic carbocycles. The van der Waals surface area contributed by atoms with Crippen molar-refractivity contribution in [2.75, 3.05) is 12.3 Å². The zero-order valence-electron chi connectivity index (χ0n) is 13.6. The fourth-order valence-corrected chi connectivity index (χ4v) is 3.74. The van der Waals surface area contributed by atoms with Crippen molar-refractivity contribution < 1.29 is 13.7 Å². The molecule has 1 aromatic rings. The summed E-state index contributed by atoms with van der Waals surface area (Å²) in [6.07, 6.45) is 2.78. The van der Waals surface area contributed by atoms with E-state index in [0.29, 0.717) is 22.9 Å². The van der Waals surface area contributed by atoms with Crippen LogP contribution in [0.1, 0.15) is 39.2 Å². The zero-order chi connectivity index (χ0) is 17.0. The largest absolute Gasteiger partial charge is 0.444 e. The molecule has 124 valence electrons. The summed E-state index contributed by atoms with van der Waals surface area (Å²) in [4.78, 5) is 18.0. The number of aromatic nitrogens is 1. The van der Waals surface area contributed by atoms with Crippen LogP contribution >= 0.6 is 0 Å². The smallest absolute Gasteiger partial charge is 0.410 e. The molecule has 0 aliphatic carbocycles. The van der Waals surface area contributed by atoms with Crippen LogP contribution < -0.4 is 0 Å². The van der Waals surface area contributed by atoms with Gasteiger partial charge >= 0.3 is 6.09 Å². The second-order valence-corrected chi connectivity index (χ2v) is 7.92. The highest BCUT2D eigenvalue weighted by molar-refractivity contribution is 7.85. The van der Waals surface area contributed by atoms with Gasteiger partial charge in [0, 0.05) is 18.8 Å². The molecule has 6 nitrogen and oxygen atoms in total. The number of rotatable bonds is 3. The first-order valence-electron chi connectivity index (χ1n) is 7.54. The van der Waals surface area contributed by atoms with Gasteiger partial charge in [-0.2, -0.15) is 5.26 Å². The molecule has 0 spiro atoms. The molecular formula is C16H21N3O3S. The van der Waals surface area contributed by atoms with Crippen molar-refractivity contribution >= 4 is 16.9 Å². The first-order chi connectivity index (χ1) is 10.8. The van der Waals surface area contributed by atoms with Gasteiger partial charge < -0.3 is 9.64 Å². The third-order valence-electron chi connectivity index (χ3n) is 3.45. The Bertz CT molecular complexity index is 649. The minimum absolute atomic E-state index is 0.127. The van der Waals surface area contributed by atoms with Crippen LogP contribution in [0.2, 0.25) is 0 Å². The third-order valence-corrected chi connectivity index (χ3v) is 4.82. The molecule has 1 aromatic heterocycles. The Morgan fingerprint density at radius 2 is 2.30 bits per heavy atom. The Labute approximate surface area is 138 Å². The van der Waals surface area contributed by atoms with Gasteiger partial charge in [-0.15, -0.1) is 0 Å². The summed E-state index contributed by atoms with van der Waals surface area (Å²) < 4.78 is 17.9. The monoisotopic (exact) mass is 335 g/mol. The van der Waals surface area contributed by atoms with Crippen LogP contribution in [0.4, 0.5) is 4.79 Å². The fourth-order valence-electron chi connectivity index (χ4n) is 2.43. The van der Waals surface area contributed by atoms with Gasteiger partial charge in [0.05, 0.1) is 28.2 Å². The lowest BCUT2D eigenvalue weighted by atomic mass is 10.2. The number of pyridine rings is 1. The van der Waals surface area contributed by atoms with E-state index in [4.69, 9.17) is 10.00 Å². The number of ether oxygens (including phenoxy) is 1. The lowest BCUT2D eigenvalue weighted by Gasteiger charge is -2.28. The summed E-state index contributed by atoms with van der Waals surface area (Å²) >= 11 is 0. The van der Waals surface area contributed by atoms with Crippen LogP contribution in [0.25, 0.3) is 0 Å². The normalized spacial score (nSPS) is 19.2. The Balaban J connectivity index is 2.04. The molecule has 0 unspecified atom stereocenters. The van der Waals surface area contributed by atoms with Crippen LogP contribution in [0.3, 0.4) is 0 Å². The quantitative estimate of drug-likeness (QED) is 0.847. The van der Waals surface area contributed by atoms with Crippen molar-refractivity contribution in [2.45, 2.75) is 50.3 Å². The van der Waals surface area contributed by atoms with Gasteiger partial charge in [0.1, 0.15) is 10.6 Å². The molecule has 1 saturated heterocycles. The highest BCUT2D eigenvalue weighted by Crippen LogP contribution is 2.22. The molecule has 2 atom stereocenters. The standard InChI is InChI=1S/C16H21N3O3S/c1-16(2,3)22-15(20)19-8-4-5-13(19)11-23(21)14-9-12(10-17)6-7-18-14/h6-7,9,13H,4-5,8,11H2,1-3H3/t13-,23+/m0/s1. The van der Waals surface area contributed by atoms with Gasteiger partial charge in [-0.1, -0.05) is 0 Å². The second-order valence-electron chi connectivity index (χ2n) is 6.48. The summed E-state index contributed by atoms with van der Waals surface area (Å²) in [6.45, 7) is 6.09. The first-order valence-corrected chi connectivity index (χ1v) is 8.86. The molecule has 0 radical (unpaired) electrons. The van der Waals surface area contributed by atoms with Gasteiger partial charge in [-0.05, 0) is 45.7 Å². The average Bonchev–Trinajstić information content (AvgIpc) is 2.93.